The van der Waals surface area contributed by atoms with Crippen LogP contribution in [0.5, 0.6) is 5.75 Å². The van der Waals surface area contributed by atoms with Crippen LogP contribution in [0.15, 0.2) is 47.6 Å². The van der Waals surface area contributed by atoms with Gasteiger partial charge in [-0.15, -0.1) is 10.2 Å². The number of para-hydroxylation sites is 2. The summed E-state index contributed by atoms with van der Waals surface area (Å²) in [4.78, 5) is 25.5. The van der Waals surface area contributed by atoms with E-state index in [2.05, 4.69) is 20.8 Å². The second kappa shape index (κ2) is 12.3. The van der Waals surface area contributed by atoms with Crippen LogP contribution < -0.4 is 15.4 Å². The van der Waals surface area contributed by atoms with Crippen LogP contribution in [-0.2, 0) is 11.3 Å². The standard InChI is InChI=1S/C24H27Cl2N5O3S/c1-5-31-22(21(14(2)3)28-23(33)16-11-10-15(25)12-17(16)26)29-30-24(31)35-13-20(32)27-18-8-6-7-9-19(18)34-4/h6-12,14,21H,5,13H2,1-4H3,(H,27,32)(H,28,33)/t21-/m0/s1. The highest BCUT2D eigenvalue weighted by Gasteiger charge is 2.27. The fourth-order valence-electron chi connectivity index (χ4n) is 3.42. The Bertz CT molecular complexity index is 1200. The van der Waals surface area contributed by atoms with Crippen molar-refractivity contribution in [2.75, 3.05) is 18.2 Å². The number of rotatable bonds is 10. The minimum atomic E-state index is -0.418. The van der Waals surface area contributed by atoms with Gasteiger partial charge in [-0.05, 0) is 43.2 Å². The smallest absolute Gasteiger partial charge is 0.253 e. The molecule has 3 rings (SSSR count). The van der Waals surface area contributed by atoms with Gasteiger partial charge in [0, 0.05) is 11.6 Å². The fourth-order valence-corrected chi connectivity index (χ4v) is 4.72. The van der Waals surface area contributed by atoms with E-state index in [1.165, 1.54) is 17.8 Å². The number of carbonyl (C=O) groups excluding carboxylic acids is 2. The number of benzene rings is 2. The van der Waals surface area contributed by atoms with Gasteiger partial charge in [0.25, 0.3) is 5.91 Å². The van der Waals surface area contributed by atoms with Crippen molar-refractivity contribution in [3.05, 3.63) is 63.9 Å². The van der Waals surface area contributed by atoms with E-state index in [0.717, 1.165) is 0 Å². The van der Waals surface area contributed by atoms with Gasteiger partial charge in [-0.1, -0.05) is 60.9 Å². The maximum absolute atomic E-state index is 12.9. The summed E-state index contributed by atoms with van der Waals surface area (Å²) >= 11 is 13.4. The SMILES string of the molecule is CCn1c(SCC(=O)Nc2ccccc2OC)nnc1[C@@H](NC(=O)c1ccc(Cl)cc1Cl)C(C)C. The first-order valence-electron chi connectivity index (χ1n) is 11.0. The fraction of sp³-hybridized carbons (Fsp3) is 0.333. The van der Waals surface area contributed by atoms with Gasteiger partial charge in [0.2, 0.25) is 5.91 Å². The number of hydrogen-bond donors (Lipinski definition) is 2. The molecule has 0 aliphatic rings. The summed E-state index contributed by atoms with van der Waals surface area (Å²) in [5, 5.41) is 15.8. The average Bonchev–Trinajstić information content (AvgIpc) is 3.23. The largest absolute Gasteiger partial charge is 0.495 e. The Balaban J connectivity index is 1.73. The van der Waals surface area contributed by atoms with Crippen LogP contribution in [-0.4, -0.2) is 39.4 Å². The van der Waals surface area contributed by atoms with Crippen LogP contribution >= 0.6 is 35.0 Å². The van der Waals surface area contributed by atoms with Crippen LogP contribution in [0.1, 0.15) is 43.0 Å². The first-order valence-corrected chi connectivity index (χ1v) is 12.7. The Hall–Kier alpha value is -2.75. The second-order valence-corrected chi connectivity index (χ2v) is 9.73. The summed E-state index contributed by atoms with van der Waals surface area (Å²) in [5.41, 5.74) is 0.925. The quantitative estimate of drug-likeness (QED) is 0.334. The number of methoxy groups -OCH3 is 1. The lowest BCUT2D eigenvalue weighted by atomic mass is 10.0. The van der Waals surface area contributed by atoms with Crippen molar-refractivity contribution in [2.45, 2.75) is 38.5 Å². The molecule has 0 bridgehead atoms. The molecule has 0 aliphatic carbocycles. The molecule has 0 saturated carbocycles. The van der Waals surface area contributed by atoms with Crippen molar-refractivity contribution in [1.82, 2.24) is 20.1 Å². The number of ether oxygens (including phenoxy) is 1. The van der Waals surface area contributed by atoms with Crippen LogP contribution in [0.25, 0.3) is 0 Å². The summed E-state index contributed by atoms with van der Waals surface area (Å²) in [5.74, 6) is 0.815. The number of carbonyl (C=O) groups is 2. The number of nitrogens with one attached hydrogen (secondary N) is 2. The van der Waals surface area contributed by atoms with Crippen LogP contribution in [0.4, 0.5) is 5.69 Å². The van der Waals surface area contributed by atoms with Crippen LogP contribution in [0.3, 0.4) is 0 Å². The van der Waals surface area contributed by atoms with Crippen molar-refractivity contribution in [1.29, 1.82) is 0 Å². The molecule has 11 heteroatoms. The van der Waals surface area contributed by atoms with Crippen molar-refractivity contribution < 1.29 is 14.3 Å². The Morgan fingerprint density at radius 2 is 1.89 bits per heavy atom. The van der Waals surface area contributed by atoms with Gasteiger partial charge in [0.1, 0.15) is 5.75 Å². The van der Waals surface area contributed by atoms with E-state index in [1.807, 2.05) is 37.5 Å². The molecule has 2 N–H and O–H groups in total. The molecule has 1 atom stereocenters. The highest BCUT2D eigenvalue weighted by molar-refractivity contribution is 7.99. The Labute approximate surface area is 218 Å². The maximum atomic E-state index is 12.9. The van der Waals surface area contributed by atoms with Crippen LogP contribution in [0.2, 0.25) is 10.0 Å². The summed E-state index contributed by atoms with van der Waals surface area (Å²) < 4.78 is 7.18. The molecule has 186 valence electrons. The van der Waals surface area contributed by atoms with Crippen molar-refractivity contribution in [2.24, 2.45) is 5.92 Å². The summed E-state index contributed by atoms with van der Waals surface area (Å²) in [6, 6.07) is 11.5. The topological polar surface area (TPSA) is 98.1 Å². The molecule has 35 heavy (non-hydrogen) atoms. The van der Waals surface area contributed by atoms with E-state index < -0.39 is 6.04 Å². The molecular formula is C24H27Cl2N5O3S. The minimum Gasteiger partial charge on any atom is -0.495 e. The average molecular weight is 536 g/mol. The van der Waals surface area contributed by atoms with Gasteiger partial charge in [-0.3, -0.25) is 9.59 Å². The molecule has 1 aromatic heterocycles. The van der Waals surface area contributed by atoms with E-state index in [0.29, 0.717) is 39.5 Å². The molecule has 1 heterocycles. The Kier molecular flexibility index (Phi) is 9.42. The predicted molar refractivity (Wildman–Crippen MR) is 140 cm³/mol. The van der Waals surface area contributed by atoms with Crippen molar-refractivity contribution >= 4 is 52.5 Å². The van der Waals surface area contributed by atoms with Crippen molar-refractivity contribution in [3.63, 3.8) is 0 Å². The molecule has 2 amide bonds. The van der Waals surface area contributed by atoms with Gasteiger partial charge >= 0.3 is 0 Å². The van der Waals surface area contributed by atoms with Gasteiger partial charge in [-0.2, -0.15) is 0 Å². The lowest BCUT2D eigenvalue weighted by molar-refractivity contribution is -0.113. The van der Waals surface area contributed by atoms with Crippen LogP contribution in [0, 0.1) is 5.92 Å². The number of nitrogens with zero attached hydrogens (tertiary/aromatic N) is 3. The number of anilines is 1. The third-order valence-electron chi connectivity index (χ3n) is 5.18. The van der Waals surface area contributed by atoms with E-state index in [1.54, 1.807) is 31.4 Å². The summed E-state index contributed by atoms with van der Waals surface area (Å²) in [6.07, 6.45) is 0. The highest BCUT2D eigenvalue weighted by atomic mass is 35.5. The van der Waals surface area contributed by atoms with Crippen molar-refractivity contribution in [3.8, 4) is 5.75 Å². The zero-order valence-corrected chi connectivity index (χ0v) is 22.2. The molecule has 0 fully saturated rings. The molecule has 8 nitrogen and oxygen atoms in total. The molecule has 0 aliphatic heterocycles. The Morgan fingerprint density at radius 1 is 1.14 bits per heavy atom. The molecule has 0 unspecified atom stereocenters. The first kappa shape index (κ1) is 26.8. The minimum absolute atomic E-state index is 0.0196. The lowest BCUT2D eigenvalue weighted by Crippen LogP contribution is -2.34. The van der Waals surface area contributed by atoms with Gasteiger partial charge in [-0.25, -0.2) is 0 Å². The molecule has 0 saturated heterocycles. The maximum Gasteiger partial charge on any atom is 0.253 e. The predicted octanol–water partition coefficient (Wildman–Crippen LogP) is 5.47. The third-order valence-corrected chi connectivity index (χ3v) is 6.70. The summed E-state index contributed by atoms with van der Waals surface area (Å²) in [6.45, 7) is 6.49. The number of thioether (sulfide) groups is 1. The van der Waals surface area contributed by atoms with E-state index >= 15 is 0 Å². The third kappa shape index (κ3) is 6.68. The molecule has 0 radical (unpaired) electrons. The molecule has 3 aromatic rings. The van der Waals surface area contributed by atoms with E-state index in [9.17, 15) is 9.59 Å². The monoisotopic (exact) mass is 535 g/mol. The van der Waals surface area contributed by atoms with E-state index in [4.69, 9.17) is 27.9 Å². The van der Waals surface area contributed by atoms with Gasteiger partial charge in [0.15, 0.2) is 11.0 Å². The highest BCUT2D eigenvalue weighted by Crippen LogP contribution is 2.28. The second-order valence-electron chi connectivity index (χ2n) is 7.94. The number of aromatic nitrogens is 3. The number of halogens is 2. The lowest BCUT2D eigenvalue weighted by Gasteiger charge is -2.22. The zero-order chi connectivity index (χ0) is 25.5. The molecule has 0 spiro atoms. The normalized spacial score (nSPS) is 11.9. The molecule has 2 aromatic carbocycles. The summed E-state index contributed by atoms with van der Waals surface area (Å²) in [7, 11) is 1.55. The van der Waals surface area contributed by atoms with E-state index in [-0.39, 0.29) is 28.5 Å². The Morgan fingerprint density at radius 3 is 2.54 bits per heavy atom. The zero-order valence-electron chi connectivity index (χ0n) is 19.8. The number of hydrogen-bond acceptors (Lipinski definition) is 6. The van der Waals surface area contributed by atoms with Gasteiger partial charge < -0.3 is 19.9 Å². The molecular weight excluding hydrogens is 509 g/mol. The van der Waals surface area contributed by atoms with Gasteiger partial charge in [0.05, 0.1) is 35.2 Å². The number of amides is 2. The first-order chi connectivity index (χ1) is 16.7.